The SMILES string of the molecule is c1ccc(COc2cc(CNc3cnc4ccccc4n3)ccn2)cc1. The van der Waals surface area contributed by atoms with E-state index in [1.807, 2.05) is 66.7 Å². The minimum atomic E-state index is 0.501. The van der Waals surface area contributed by atoms with Crippen molar-refractivity contribution in [2.24, 2.45) is 0 Å². The number of benzene rings is 2. The first kappa shape index (κ1) is 16.0. The number of pyridine rings is 1. The van der Waals surface area contributed by atoms with Gasteiger partial charge in [-0.25, -0.2) is 9.97 Å². The molecule has 0 fully saturated rings. The van der Waals surface area contributed by atoms with E-state index < -0.39 is 0 Å². The van der Waals surface area contributed by atoms with Crippen LogP contribution in [0.2, 0.25) is 0 Å². The van der Waals surface area contributed by atoms with Crippen LogP contribution in [0.1, 0.15) is 11.1 Å². The lowest BCUT2D eigenvalue weighted by Gasteiger charge is -2.09. The molecule has 5 nitrogen and oxygen atoms in total. The van der Waals surface area contributed by atoms with Gasteiger partial charge in [0, 0.05) is 18.8 Å². The van der Waals surface area contributed by atoms with Gasteiger partial charge in [0.05, 0.1) is 17.2 Å². The number of para-hydroxylation sites is 2. The standard InChI is InChI=1S/C21H18N4O/c1-2-6-16(7-3-1)15-26-21-12-17(10-11-22-21)13-24-20-14-23-18-8-4-5-9-19(18)25-20/h1-12,14H,13,15H2,(H,24,25). The van der Waals surface area contributed by atoms with Crippen LogP contribution in [0.4, 0.5) is 5.82 Å². The van der Waals surface area contributed by atoms with E-state index in [0.29, 0.717) is 19.0 Å². The number of ether oxygens (including phenoxy) is 1. The Kier molecular flexibility index (Phi) is 4.69. The van der Waals surface area contributed by atoms with Crippen LogP contribution in [-0.2, 0) is 13.2 Å². The maximum atomic E-state index is 5.78. The number of nitrogens with one attached hydrogen (secondary N) is 1. The molecule has 26 heavy (non-hydrogen) atoms. The van der Waals surface area contributed by atoms with E-state index >= 15 is 0 Å². The molecule has 0 saturated heterocycles. The fourth-order valence-corrected chi connectivity index (χ4v) is 2.61. The number of hydrogen-bond donors (Lipinski definition) is 1. The molecule has 2 aromatic carbocycles. The summed E-state index contributed by atoms with van der Waals surface area (Å²) in [6.45, 7) is 1.12. The first-order valence-electron chi connectivity index (χ1n) is 8.44. The number of aromatic nitrogens is 3. The molecule has 0 atom stereocenters. The van der Waals surface area contributed by atoms with Crippen LogP contribution in [0, 0.1) is 0 Å². The third-order valence-corrected chi connectivity index (χ3v) is 3.95. The van der Waals surface area contributed by atoms with Crippen molar-refractivity contribution in [2.45, 2.75) is 13.2 Å². The Balaban J connectivity index is 1.40. The average molecular weight is 342 g/mol. The molecule has 0 bridgehead atoms. The summed E-state index contributed by atoms with van der Waals surface area (Å²) in [5.41, 5.74) is 3.94. The van der Waals surface area contributed by atoms with Gasteiger partial charge in [-0.2, -0.15) is 0 Å². The van der Waals surface area contributed by atoms with E-state index in [1.54, 1.807) is 12.4 Å². The summed E-state index contributed by atoms with van der Waals surface area (Å²) in [7, 11) is 0. The number of fused-ring (bicyclic) bond motifs is 1. The van der Waals surface area contributed by atoms with Gasteiger partial charge < -0.3 is 10.1 Å². The second-order valence-electron chi connectivity index (χ2n) is 5.87. The van der Waals surface area contributed by atoms with Gasteiger partial charge in [-0.3, -0.25) is 4.98 Å². The average Bonchev–Trinajstić information content (AvgIpc) is 2.72. The Bertz CT molecular complexity index is 1000. The Labute approximate surface area is 151 Å². The second-order valence-corrected chi connectivity index (χ2v) is 5.87. The molecule has 2 heterocycles. The molecule has 0 spiro atoms. The zero-order valence-electron chi connectivity index (χ0n) is 14.2. The van der Waals surface area contributed by atoms with Crippen LogP contribution in [0.15, 0.2) is 79.1 Å². The molecule has 4 aromatic rings. The highest BCUT2D eigenvalue weighted by Gasteiger charge is 2.02. The Hall–Kier alpha value is -3.47. The zero-order valence-corrected chi connectivity index (χ0v) is 14.2. The summed E-state index contributed by atoms with van der Waals surface area (Å²) >= 11 is 0. The molecule has 128 valence electrons. The van der Waals surface area contributed by atoms with E-state index in [9.17, 15) is 0 Å². The van der Waals surface area contributed by atoms with Crippen molar-refractivity contribution < 1.29 is 4.74 Å². The molecule has 0 aliphatic rings. The first-order valence-corrected chi connectivity index (χ1v) is 8.44. The molecule has 0 unspecified atom stereocenters. The topological polar surface area (TPSA) is 59.9 Å². The van der Waals surface area contributed by atoms with Crippen molar-refractivity contribution in [2.75, 3.05) is 5.32 Å². The lowest BCUT2D eigenvalue weighted by molar-refractivity contribution is 0.293. The molecule has 1 N–H and O–H groups in total. The Morgan fingerprint density at radius 2 is 1.62 bits per heavy atom. The summed E-state index contributed by atoms with van der Waals surface area (Å²) in [4.78, 5) is 13.3. The molecule has 2 aromatic heterocycles. The quantitative estimate of drug-likeness (QED) is 0.568. The minimum Gasteiger partial charge on any atom is -0.473 e. The smallest absolute Gasteiger partial charge is 0.213 e. The van der Waals surface area contributed by atoms with Gasteiger partial charge in [0.25, 0.3) is 0 Å². The van der Waals surface area contributed by atoms with Crippen LogP contribution in [0.3, 0.4) is 0 Å². The van der Waals surface area contributed by atoms with Gasteiger partial charge in [-0.05, 0) is 29.3 Å². The molecule has 0 radical (unpaired) electrons. The van der Waals surface area contributed by atoms with Gasteiger partial charge in [0.2, 0.25) is 5.88 Å². The predicted molar refractivity (Wildman–Crippen MR) is 102 cm³/mol. The fourth-order valence-electron chi connectivity index (χ4n) is 2.61. The van der Waals surface area contributed by atoms with Crippen molar-refractivity contribution in [1.82, 2.24) is 15.0 Å². The van der Waals surface area contributed by atoms with Crippen molar-refractivity contribution >= 4 is 16.9 Å². The predicted octanol–water partition coefficient (Wildman–Crippen LogP) is 4.22. The van der Waals surface area contributed by atoms with Crippen molar-refractivity contribution in [3.63, 3.8) is 0 Å². The van der Waals surface area contributed by atoms with Gasteiger partial charge in [-0.15, -0.1) is 0 Å². The van der Waals surface area contributed by atoms with Crippen molar-refractivity contribution in [3.8, 4) is 5.88 Å². The van der Waals surface area contributed by atoms with E-state index in [1.165, 1.54) is 0 Å². The first-order chi connectivity index (χ1) is 12.9. The molecule has 0 aliphatic heterocycles. The molecule has 4 rings (SSSR count). The molecule has 0 amide bonds. The largest absolute Gasteiger partial charge is 0.473 e. The molecular formula is C21H18N4O. The van der Waals surface area contributed by atoms with Crippen LogP contribution < -0.4 is 10.1 Å². The summed E-state index contributed by atoms with van der Waals surface area (Å²) in [6.07, 6.45) is 3.50. The lowest BCUT2D eigenvalue weighted by Crippen LogP contribution is -2.03. The molecule has 0 saturated carbocycles. The Morgan fingerprint density at radius 1 is 0.808 bits per heavy atom. The number of hydrogen-bond acceptors (Lipinski definition) is 5. The third-order valence-electron chi connectivity index (χ3n) is 3.95. The maximum absolute atomic E-state index is 5.78. The monoisotopic (exact) mass is 342 g/mol. The van der Waals surface area contributed by atoms with Crippen LogP contribution in [0.25, 0.3) is 11.0 Å². The Morgan fingerprint density at radius 3 is 2.50 bits per heavy atom. The van der Waals surface area contributed by atoms with E-state index in [-0.39, 0.29) is 0 Å². The van der Waals surface area contributed by atoms with Gasteiger partial charge in [0.1, 0.15) is 12.4 Å². The second kappa shape index (κ2) is 7.61. The van der Waals surface area contributed by atoms with Crippen molar-refractivity contribution in [1.29, 1.82) is 0 Å². The molecule has 0 aliphatic carbocycles. The van der Waals surface area contributed by atoms with Crippen LogP contribution >= 0.6 is 0 Å². The highest BCUT2D eigenvalue weighted by Crippen LogP contribution is 2.15. The van der Waals surface area contributed by atoms with Crippen LogP contribution in [-0.4, -0.2) is 15.0 Å². The maximum Gasteiger partial charge on any atom is 0.213 e. The minimum absolute atomic E-state index is 0.501. The van der Waals surface area contributed by atoms with Gasteiger partial charge in [-0.1, -0.05) is 42.5 Å². The normalized spacial score (nSPS) is 10.6. The highest BCUT2D eigenvalue weighted by molar-refractivity contribution is 5.75. The lowest BCUT2D eigenvalue weighted by atomic mass is 10.2. The number of anilines is 1. The van der Waals surface area contributed by atoms with Gasteiger partial charge >= 0.3 is 0 Å². The summed E-state index contributed by atoms with van der Waals surface area (Å²) < 4.78 is 5.78. The van der Waals surface area contributed by atoms with E-state index in [0.717, 1.165) is 28.0 Å². The fraction of sp³-hybridized carbons (Fsp3) is 0.0952. The summed E-state index contributed by atoms with van der Waals surface area (Å²) in [5.74, 6) is 1.35. The van der Waals surface area contributed by atoms with Gasteiger partial charge in [0.15, 0.2) is 0 Å². The highest BCUT2D eigenvalue weighted by atomic mass is 16.5. The number of rotatable bonds is 6. The van der Waals surface area contributed by atoms with E-state index in [4.69, 9.17) is 4.74 Å². The van der Waals surface area contributed by atoms with Crippen molar-refractivity contribution in [3.05, 3.63) is 90.3 Å². The molecular weight excluding hydrogens is 324 g/mol. The summed E-state index contributed by atoms with van der Waals surface area (Å²) in [6, 6.07) is 21.8. The zero-order chi connectivity index (χ0) is 17.6. The van der Waals surface area contributed by atoms with Crippen LogP contribution in [0.5, 0.6) is 5.88 Å². The number of nitrogens with zero attached hydrogens (tertiary/aromatic N) is 3. The van der Waals surface area contributed by atoms with E-state index in [2.05, 4.69) is 20.3 Å². The summed E-state index contributed by atoms with van der Waals surface area (Å²) in [5, 5.41) is 3.30. The molecule has 5 heteroatoms. The third kappa shape index (κ3) is 3.95.